The minimum absolute atomic E-state index is 0.0389. The van der Waals surface area contributed by atoms with Gasteiger partial charge in [-0.1, -0.05) is 17.7 Å². The molecule has 0 unspecified atom stereocenters. The number of halogens is 2. The van der Waals surface area contributed by atoms with E-state index in [1.54, 1.807) is 31.3 Å². The van der Waals surface area contributed by atoms with Gasteiger partial charge in [-0.3, -0.25) is 23.9 Å². The molecule has 2 heterocycles. The van der Waals surface area contributed by atoms with Crippen LogP contribution in [0.1, 0.15) is 32.0 Å². The quantitative estimate of drug-likeness (QED) is 0.502. The lowest BCUT2D eigenvalue weighted by atomic mass is 9.95. The number of nitrogens with one attached hydrogen (secondary N) is 1. The highest BCUT2D eigenvalue weighted by atomic mass is 35.5. The molecule has 0 atom stereocenters. The Morgan fingerprint density at radius 1 is 1.10 bits per heavy atom. The van der Waals surface area contributed by atoms with Gasteiger partial charge in [0.25, 0.3) is 17.4 Å². The van der Waals surface area contributed by atoms with Crippen molar-refractivity contribution in [1.82, 2.24) is 19.7 Å². The summed E-state index contributed by atoms with van der Waals surface area (Å²) in [5.41, 5.74) is 0.396. The lowest BCUT2D eigenvalue weighted by Gasteiger charge is -2.31. The molecule has 1 aliphatic rings. The van der Waals surface area contributed by atoms with E-state index >= 15 is 0 Å². The first-order valence-corrected chi connectivity index (χ1v) is 12.4. The Labute approximate surface area is 228 Å². The predicted molar refractivity (Wildman–Crippen MR) is 144 cm³/mol. The molecule has 0 aliphatic carbocycles. The highest BCUT2D eigenvalue weighted by Gasteiger charge is 2.35. The molecule has 0 fully saturated rings. The van der Waals surface area contributed by atoms with Crippen LogP contribution in [-0.4, -0.2) is 72.1 Å². The average molecular weight is 556 g/mol. The van der Waals surface area contributed by atoms with Gasteiger partial charge in [0.1, 0.15) is 11.5 Å². The van der Waals surface area contributed by atoms with Crippen LogP contribution in [0.4, 0.5) is 14.9 Å². The molecule has 39 heavy (non-hydrogen) atoms. The maximum Gasteiger partial charge on any atom is 0.321 e. The van der Waals surface area contributed by atoms with E-state index in [1.807, 2.05) is 0 Å². The fourth-order valence-corrected chi connectivity index (χ4v) is 4.70. The normalized spacial score (nSPS) is 12.7. The molecule has 10 nitrogen and oxygen atoms in total. The van der Waals surface area contributed by atoms with E-state index in [4.69, 9.17) is 11.6 Å². The number of urea groups is 1. The van der Waals surface area contributed by atoms with Crippen molar-refractivity contribution in [2.24, 2.45) is 0 Å². The largest absolute Gasteiger partial charge is 0.502 e. The number of anilines is 1. The third-order valence-corrected chi connectivity index (χ3v) is 6.86. The standard InChI is InChI=1S/C27H27ClFN5O5/c1-30-27(39)32(4)16-6-8-17(9-7-16)34-22(25(37)31(2)3)18-11-12-33(24(36)21(18)23(35)26(34)38)14-15-5-10-20(29)19(28)13-15/h5-10,13,35H,11-12,14H2,1-4H3,(H,30,39). The summed E-state index contributed by atoms with van der Waals surface area (Å²) >= 11 is 5.88. The van der Waals surface area contributed by atoms with Crippen LogP contribution in [0, 0.1) is 5.82 Å². The Hall–Kier alpha value is -4.38. The van der Waals surface area contributed by atoms with E-state index in [1.165, 1.54) is 54.0 Å². The van der Waals surface area contributed by atoms with Gasteiger partial charge >= 0.3 is 6.03 Å². The Bertz CT molecular complexity index is 1540. The van der Waals surface area contributed by atoms with Crippen LogP contribution < -0.4 is 15.8 Å². The Balaban J connectivity index is 1.82. The molecular weight excluding hydrogens is 529 g/mol. The molecule has 4 amide bonds. The van der Waals surface area contributed by atoms with Crippen LogP contribution in [0.5, 0.6) is 5.75 Å². The van der Waals surface area contributed by atoms with Crippen molar-refractivity contribution < 1.29 is 23.9 Å². The zero-order valence-electron chi connectivity index (χ0n) is 21.8. The lowest BCUT2D eigenvalue weighted by Crippen LogP contribution is -2.42. The van der Waals surface area contributed by atoms with Crippen molar-refractivity contribution >= 4 is 35.1 Å². The highest BCUT2D eigenvalue weighted by molar-refractivity contribution is 6.30. The van der Waals surface area contributed by atoms with Crippen LogP contribution in [-0.2, 0) is 13.0 Å². The molecule has 12 heteroatoms. The maximum absolute atomic E-state index is 13.6. The van der Waals surface area contributed by atoms with Gasteiger partial charge in [0.2, 0.25) is 0 Å². The second kappa shape index (κ2) is 10.8. The van der Waals surface area contributed by atoms with Crippen LogP contribution in [0.2, 0.25) is 5.02 Å². The van der Waals surface area contributed by atoms with E-state index in [9.17, 15) is 28.7 Å². The van der Waals surface area contributed by atoms with Crippen molar-refractivity contribution in [3.63, 3.8) is 0 Å². The predicted octanol–water partition coefficient (Wildman–Crippen LogP) is 3.01. The van der Waals surface area contributed by atoms with Gasteiger partial charge < -0.3 is 20.2 Å². The molecule has 3 aromatic rings. The topological polar surface area (TPSA) is 115 Å². The number of rotatable bonds is 5. The van der Waals surface area contributed by atoms with E-state index in [0.29, 0.717) is 11.3 Å². The number of aromatic hydroxyl groups is 1. The van der Waals surface area contributed by atoms with Crippen LogP contribution in [0.3, 0.4) is 0 Å². The number of benzene rings is 2. The molecule has 0 spiro atoms. The first kappa shape index (κ1) is 27.6. The maximum atomic E-state index is 13.6. The number of amides is 4. The van der Waals surface area contributed by atoms with Crippen LogP contribution in [0.25, 0.3) is 5.69 Å². The average Bonchev–Trinajstić information content (AvgIpc) is 2.92. The number of nitrogens with zero attached hydrogens (tertiary/aromatic N) is 4. The molecule has 0 radical (unpaired) electrons. The zero-order valence-corrected chi connectivity index (χ0v) is 22.5. The molecule has 2 N–H and O–H groups in total. The summed E-state index contributed by atoms with van der Waals surface area (Å²) < 4.78 is 14.7. The van der Waals surface area contributed by atoms with E-state index < -0.39 is 28.9 Å². The SMILES string of the molecule is CNC(=O)N(C)c1ccc(-n2c(C(=O)N(C)C)c3c(c(O)c2=O)C(=O)N(Cc2ccc(F)c(Cl)c2)CC3)cc1. The van der Waals surface area contributed by atoms with Gasteiger partial charge in [0, 0.05) is 58.2 Å². The smallest absolute Gasteiger partial charge is 0.321 e. The first-order chi connectivity index (χ1) is 18.5. The van der Waals surface area contributed by atoms with E-state index in [-0.39, 0.29) is 53.1 Å². The van der Waals surface area contributed by atoms with Crippen molar-refractivity contribution in [3.05, 3.63) is 86.0 Å². The Morgan fingerprint density at radius 2 is 1.77 bits per heavy atom. The van der Waals surface area contributed by atoms with Crippen molar-refractivity contribution in [3.8, 4) is 11.4 Å². The molecule has 1 aromatic heterocycles. The monoisotopic (exact) mass is 555 g/mol. The number of carbonyl (C=O) groups excluding carboxylic acids is 3. The number of pyridine rings is 1. The second-order valence-corrected chi connectivity index (χ2v) is 9.65. The van der Waals surface area contributed by atoms with Gasteiger partial charge in [-0.25, -0.2) is 9.18 Å². The van der Waals surface area contributed by atoms with Gasteiger partial charge in [-0.15, -0.1) is 0 Å². The lowest BCUT2D eigenvalue weighted by molar-refractivity contribution is 0.0720. The number of hydrogen-bond acceptors (Lipinski definition) is 5. The molecule has 1 aliphatic heterocycles. The zero-order chi connectivity index (χ0) is 28.6. The summed E-state index contributed by atoms with van der Waals surface area (Å²) in [7, 11) is 6.11. The third-order valence-electron chi connectivity index (χ3n) is 6.57. The Kier molecular flexibility index (Phi) is 7.64. The third kappa shape index (κ3) is 5.05. The molecule has 0 saturated heterocycles. The molecule has 0 bridgehead atoms. The van der Waals surface area contributed by atoms with Crippen molar-refractivity contribution in [2.45, 2.75) is 13.0 Å². The van der Waals surface area contributed by atoms with Crippen molar-refractivity contribution in [2.75, 3.05) is 39.6 Å². The van der Waals surface area contributed by atoms with Gasteiger partial charge in [-0.05, 0) is 48.4 Å². The van der Waals surface area contributed by atoms with Crippen LogP contribution in [0.15, 0.2) is 47.3 Å². The summed E-state index contributed by atoms with van der Waals surface area (Å²) in [4.78, 5) is 56.4. The Morgan fingerprint density at radius 3 is 2.36 bits per heavy atom. The molecular formula is C27H27ClFN5O5. The number of carbonyl (C=O) groups is 3. The summed E-state index contributed by atoms with van der Waals surface area (Å²) in [6.45, 7) is 0.250. The van der Waals surface area contributed by atoms with Crippen LogP contribution >= 0.6 is 11.6 Å². The van der Waals surface area contributed by atoms with Crippen molar-refractivity contribution in [1.29, 1.82) is 0 Å². The first-order valence-electron chi connectivity index (χ1n) is 12.0. The van der Waals surface area contributed by atoms with Gasteiger partial charge in [0.05, 0.1) is 10.6 Å². The van der Waals surface area contributed by atoms with E-state index in [0.717, 1.165) is 4.57 Å². The minimum atomic E-state index is -0.939. The van der Waals surface area contributed by atoms with Gasteiger partial charge in [0.15, 0.2) is 5.75 Å². The highest BCUT2D eigenvalue weighted by Crippen LogP contribution is 2.31. The number of hydrogen-bond donors (Lipinski definition) is 2. The summed E-state index contributed by atoms with van der Waals surface area (Å²) in [6, 6.07) is 10.0. The second-order valence-electron chi connectivity index (χ2n) is 9.25. The summed E-state index contributed by atoms with van der Waals surface area (Å²) in [5.74, 6) is -2.52. The van der Waals surface area contributed by atoms with Gasteiger partial charge in [-0.2, -0.15) is 0 Å². The van der Waals surface area contributed by atoms with E-state index in [2.05, 4.69) is 5.32 Å². The molecule has 4 rings (SSSR count). The fraction of sp³-hybridized carbons (Fsp3) is 0.259. The minimum Gasteiger partial charge on any atom is -0.502 e. The molecule has 0 saturated carbocycles. The molecule has 204 valence electrons. The summed E-state index contributed by atoms with van der Waals surface area (Å²) in [5, 5.41) is 13.4. The fourth-order valence-electron chi connectivity index (χ4n) is 4.49. The number of aromatic nitrogens is 1. The molecule has 2 aromatic carbocycles. The summed E-state index contributed by atoms with van der Waals surface area (Å²) in [6.07, 6.45) is 0.177. The number of fused-ring (bicyclic) bond motifs is 1.